The molecule has 0 aliphatic rings. The molecule has 1 aromatic carbocycles. The highest BCUT2D eigenvalue weighted by molar-refractivity contribution is 7.90. The third-order valence-corrected chi connectivity index (χ3v) is 6.48. The summed E-state index contributed by atoms with van der Waals surface area (Å²) in [6, 6.07) is 11.1. The number of imidazole rings is 1. The number of sulfone groups is 1. The Morgan fingerprint density at radius 3 is 2.48 bits per heavy atom. The maximum absolute atomic E-state index is 13.1. The van der Waals surface area contributed by atoms with Gasteiger partial charge in [-0.05, 0) is 25.5 Å². The molecule has 3 aromatic rings. The number of rotatable bonds is 9. The van der Waals surface area contributed by atoms with Crippen LogP contribution in [-0.2, 0) is 28.7 Å². The lowest BCUT2D eigenvalue weighted by Gasteiger charge is -2.24. The second-order valence-electron chi connectivity index (χ2n) is 7.80. The van der Waals surface area contributed by atoms with Crippen LogP contribution in [0.15, 0.2) is 58.5 Å². The Labute approximate surface area is 172 Å². The van der Waals surface area contributed by atoms with E-state index in [4.69, 9.17) is 4.52 Å². The summed E-state index contributed by atoms with van der Waals surface area (Å²) in [5, 5.41) is 4.14. The molecule has 0 spiro atoms. The Balaban J connectivity index is 1.88. The van der Waals surface area contributed by atoms with Crippen molar-refractivity contribution in [3.63, 3.8) is 0 Å². The fourth-order valence-corrected chi connectivity index (χ4v) is 4.74. The molecule has 0 aliphatic heterocycles. The van der Waals surface area contributed by atoms with Gasteiger partial charge in [0.05, 0.1) is 23.7 Å². The van der Waals surface area contributed by atoms with Crippen molar-refractivity contribution in [3.8, 4) is 0 Å². The van der Waals surface area contributed by atoms with Gasteiger partial charge in [-0.25, -0.2) is 13.4 Å². The third kappa shape index (κ3) is 5.13. The number of aromatic nitrogens is 3. The van der Waals surface area contributed by atoms with Crippen molar-refractivity contribution in [2.24, 2.45) is 5.92 Å². The highest BCUT2D eigenvalue weighted by Crippen LogP contribution is 2.23. The van der Waals surface area contributed by atoms with Gasteiger partial charge >= 0.3 is 0 Å². The van der Waals surface area contributed by atoms with Gasteiger partial charge in [0.15, 0.2) is 0 Å². The minimum atomic E-state index is -3.56. The van der Waals surface area contributed by atoms with Crippen molar-refractivity contribution < 1.29 is 12.9 Å². The van der Waals surface area contributed by atoms with Gasteiger partial charge in [-0.15, -0.1) is 0 Å². The topological polar surface area (TPSA) is 81.2 Å². The summed E-state index contributed by atoms with van der Waals surface area (Å²) in [7, 11) is -1.59. The quantitative estimate of drug-likeness (QED) is 0.529. The summed E-state index contributed by atoms with van der Waals surface area (Å²) in [4.78, 5) is 6.42. The lowest BCUT2D eigenvalue weighted by molar-refractivity contribution is 0.233. The van der Waals surface area contributed by atoms with Crippen LogP contribution in [0.5, 0.6) is 0 Å². The van der Waals surface area contributed by atoms with Crippen molar-refractivity contribution in [1.82, 2.24) is 19.6 Å². The van der Waals surface area contributed by atoms with E-state index in [0.29, 0.717) is 13.1 Å². The summed E-state index contributed by atoms with van der Waals surface area (Å²) >= 11 is 0. The van der Waals surface area contributed by atoms with E-state index in [2.05, 4.69) is 28.9 Å². The molecule has 7 nitrogen and oxygen atoms in total. The van der Waals surface area contributed by atoms with Gasteiger partial charge in [0, 0.05) is 19.2 Å². The first-order chi connectivity index (χ1) is 13.8. The molecule has 0 amide bonds. The van der Waals surface area contributed by atoms with Gasteiger partial charge < -0.3 is 9.09 Å². The molecular weight excluding hydrogens is 388 g/mol. The van der Waals surface area contributed by atoms with Gasteiger partial charge in [-0.3, -0.25) is 4.90 Å². The predicted molar refractivity (Wildman–Crippen MR) is 111 cm³/mol. The van der Waals surface area contributed by atoms with Crippen molar-refractivity contribution >= 4 is 9.84 Å². The molecule has 0 bridgehead atoms. The molecule has 0 N–H and O–H groups in total. The van der Waals surface area contributed by atoms with Crippen LogP contribution in [0.1, 0.15) is 43.8 Å². The van der Waals surface area contributed by atoms with Gasteiger partial charge in [0.25, 0.3) is 0 Å². The second kappa shape index (κ2) is 8.92. The van der Waals surface area contributed by atoms with Crippen molar-refractivity contribution in [2.75, 3.05) is 7.05 Å². The Morgan fingerprint density at radius 2 is 1.86 bits per heavy atom. The molecule has 1 atom stereocenters. The highest BCUT2D eigenvalue weighted by Gasteiger charge is 2.25. The zero-order valence-electron chi connectivity index (χ0n) is 17.3. The van der Waals surface area contributed by atoms with Gasteiger partial charge in [0.1, 0.15) is 12.0 Å². The Morgan fingerprint density at radius 1 is 1.14 bits per heavy atom. The Hall–Kier alpha value is -2.45. The monoisotopic (exact) mass is 416 g/mol. The van der Waals surface area contributed by atoms with Gasteiger partial charge in [-0.1, -0.05) is 49.3 Å². The summed E-state index contributed by atoms with van der Waals surface area (Å²) < 4.78 is 33.0. The van der Waals surface area contributed by atoms with Crippen LogP contribution < -0.4 is 0 Å². The van der Waals surface area contributed by atoms with Crippen LogP contribution in [-0.4, -0.2) is 35.1 Å². The molecule has 0 saturated carbocycles. The van der Waals surface area contributed by atoms with Crippen LogP contribution in [0, 0.1) is 5.92 Å². The van der Waals surface area contributed by atoms with Crippen LogP contribution in [0.3, 0.4) is 0 Å². The largest absolute Gasteiger partial charge is 0.364 e. The van der Waals surface area contributed by atoms with E-state index in [0.717, 1.165) is 17.0 Å². The molecule has 3 rings (SSSR count). The van der Waals surface area contributed by atoms with E-state index in [1.165, 1.54) is 0 Å². The van der Waals surface area contributed by atoms with Gasteiger partial charge in [0.2, 0.25) is 15.0 Å². The second-order valence-corrected chi connectivity index (χ2v) is 9.68. The summed E-state index contributed by atoms with van der Waals surface area (Å²) in [5.41, 5.74) is 2.45. The number of hydrogen-bond acceptors (Lipinski definition) is 6. The minimum Gasteiger partial charge on any atom is -0.364 e. The standard InChI is InChI=1S/C21H28N4O3S/c1-16(2)13-25-19(14-24(4)17(3)20-10-11-28-23-20)12-22-21(25)29(26,27)15-18-8-6-5-7-9-18/h5-12,16-17H,13-15H2,1-4H3/t17-/m1/s1. The smallest absolute Gasteiger partial charge is 0.228 e. The lowest BCUT2D eigenvalue weighted by atomic mass is 10.2. The van der Waals surface area contributed by atoms with E-state index >= 15 is 0 Å². The van der Waals surface area contributed by atoms with E-state index < -0.39 is 9.84 Å². The molecule has 156 valence electrons. The zero-order valence-corrected chi connectivity index (χ0v) is 18.1. The molecule has 0 radical (unpaired) electrons. The molecule has 8 heteroatoms. The maximum atomic E-state index is 13.1. The van der Waals surface area contributed by atoms with Crippen LogP contribution in [0.25, 0.3) is 0 Å². The first kappa shape index (κ1) is 21.3. The number of nitrogens with zero attached hydrogens (tertiary/aromatic N) is 4. The summed E-state index contributed by atoms with van der Waals surface area (Å²) in [6.45, 7) is 7.31. The normalized spacial score (nSPS) is 13.3. The first-order valence-corrected chi connectivity index (χ1v) is 11.3. The molecule has 2 aromatic heterocycles. The van der Waals surface area contributed by atoms with Crippen molar-refractivity contribution in [1.29, 1.82) is 0 Å². The van der Waals surface area contributed by atoms with Crippen LogP contribution in [0.2, 0.25) is 0 Å². The average Bonchev–Trinajstić information content (AvgIpc) is 3.32. The van der Waals surface area contributed by atoms with Gasteiger partial charge in [-0.2, -0.15) is 0 Å². The Kier molecular flexibility index (Phi) is 6.54. The molecule has 0 fully saturated rings. The molecule has 29 heavy (non-hydrogen) atoms. The van der Waals surface area contributed by atoms with E-state index in [1.54, 1.807) is 12.5 Å². The Bertz CT molecular complexity index is 1010. The average molecular weight is 417 g/mol. The molecule has 0 aliphatic carbocycles. The van der Waals surface area contributed by atoms with Crippen molar-refractivity contribution in [2.45, 2.75) is 50.8 Å². The van der Waals surface area contributed by atoms with Crippen LogP contribution in [0.4, 0.5) is 0 Å². The zero-order chi connectivity index (χ0) is 21.0. The summed E-state index contributed by atoms with van der Waals surface area (Å²) in [5.74, 6) is 0.222. The summed E-state index contributed by atoms with van der Waals surface area (Å²) in [6.07, 6.45) is 3.23. The lowest BCUT2D eigenvalue weighted by Crippen LogP contribution is -2.25. The number of hydrogen-bond donors (Lipinski definition) is 0. The fourth-order valence-electron chi connectivity index (χ4n) is 3.24. The number of benzene rings is 1. The molecular formula is C21H28N4O3S. The molecule has 0 unspecified atom stereocenters. The molecule has 2 heterocycles. The maximum Gasteiger partial charge on any atom is 0.228 e. The highest BCUT2D eigenvalue weighted by atomic mass is 32.2. The van der Waals surface area contributed by atoms with E-state index in [1.807, 2.05) is 54.9 Å². The third-order valence-electron chi connectivity index (χ3n) is 4.89. The minimum absolute atomic E-state index is 0.0283. The van der Waals surface area contributed by atoms with E-state index in [9.17, 15) is 8.42 Å². The SMILES string of the molecule is CC(C)Cn1c(CN(C)[C@H](C)c2ccon2)cnc1S(=O)(=O)Cc1ccccc1. The molecule has 0 saturated heterocycles. The fraction of sp³-hybridized carbons (Fsp3) is 0.429. The van der Waals surface area contributed by atoms with Crippen molar-refractivity contribution in [3.05, 3.63) is 65.8 Å². The van der Waals surface area contributed by atoms with E-state index in [-0.39, 0.29) is 22.9 Å². The predicted octanol–water partition coefficient (Wildman–Crippen LogP) is 3.69. The first-order valence-electron chi connectivity index (χ1n) is 9.69. The van der Waals surface area contributed by atoms with Crippen LogP contribution >= 0.6 is 0 Å².